The second-order valence-corrected chi connectivity index (χ2v) is 3.79. The molecule has 0 aliphatic heterocycles. The maximum atomic E-state index is 11.5. The largest absolute Gasteiger partial charge is 0.394 e. The van der Waals surface area contributed by atoms with Crippen LogP contribution in [0.1, 0.15) is 19.4 Å². The number of carbonyl (C=O) groups excluding carboxylic acids is 1. The van der Waals surface area contributed by atoms with Crippen LogP contribution in [0.2, 0.25) is 0 Å². The predicted octanol–water partition coefficient (Wildman–Crippen LogP) is 1.59. The fraction of sp³-hybridized carbons (Fsp3) is 0.308. The van der Waals surface area contributed by atoms with Crippen molar-refractivity contribution in [1.82, 2.24) is 5.32 Å². The minimum atomic E-state index is -0.215. The number of rotatable bonds is 4. The average Bonchev–Trinajstić information content (AvgIpc) is 2.29. The Balaban J connectivity index is 2.67. The van der Waals surface area contributed by atoms with Gasteiger partial charge in [0.15, 0.2) is 0 Å². The van der Waals surface area contributed by atoms with E-state index in [1.165, 1.54) is 0 Å². The second kappa shape index (κ2) is 6.08. The van der Waals surface area contributed by atoms with Crippen molar-refractivity contribution in [3.05, 3.63) is 42.0 Å². The minimum absolute atomic E-state index is 0.0516. The summed E-state index contributed by atoms with van der Waals surface area (Å²) in [6, 6.07) is 9.49. The van der Waals surface area contributed by atoms with E-state index in [0.717, 1.165) is 11.1 Å². The van der Waals surface area contributed by atoms with E-state index in [4.69, 9.17) is 5.11 Å². The summed E-state index contributed by atoms with van der Waals surface area (Å²) in [6.07, 6.45) is 1.54. The molecule has 0 fully saturated rings. The Hall–Kier alpha value is -1.61. The van der Waals surface area contributed by atoms with Crippen molar-refractivity contribution >= 4 is 11.5 Å². The Labute approximate surface area is 95.8 Å². The highest BCUT2D eigenvalue weighted by Gasteiger charge is 2.04. The summed E-state index contributed by atoms with van der Waals surface area (Å²) in [4.78, 5) is 11.5. The first-order chi connectivity index (χ1) is 7.63. The molecular formula is C13H17NO2. The summed E-state index contributed by atoms with van der Waals surface area (Å²) < 4.78 is 0. The first-order valence-electron chi connectivity index (χ1n) is 5.28. The zero-order chi connectivity index (χ0) is 12.0. The third kappa shape index (κ3) is 3.87. The highest BCUT2D eigenvalue weighted by atomic mass is 16.3. The van der Waals surface area contributed by atoms with Gasteiger partial charge in [-0.1, -0.05) is 30.3 Å². The van der Waals surface area contributed by atoms with Gasteiger partial charge in [0, 0.05) is 12.1 Å². The standard InChI is InChI=1S/C13H17NO2/c1-10(12-6-4-3-5-7-12)8-13(16)14-11(2)9-15/h3-8,11,15H,9H2,1-2H3,(H,14,16)/b10-8-. The van der Waals surface area contributed by atoms with E-state index in [0.29, 0.717) is 0 Å². The molecule has 1 aromatic carbocycles. The Morgan fingerprint density at radius 1 is 1.44 bits per heavy atom. The fourth-order valence-electron chi connectivity index (χ4n) is 1.31. The molecule has 1 unspecified atom stereocenters. The van der Waals surface area contributed by atoms with Crippen molar-refractivity contribution in [2.24, 2.45) is 0 Å². The molecule has 16 heavy (non-hydrogen) atoms. The molecule has 0 radical (unpaired) electrons. The van der Waals surface area contributed by atoms with Gasteiger partial charge in [-0.3, -0.25) is 4.79 Å². The van der Waals surface area contributed by atoms with Crippen LogP contribution in [-0.4, -0.2) is 23.7 Å². The lowest BCUT2D eigenvalue weighted by atomic mass is 10.1. The zero-order valence-corrected chi connectivity index (χ0v) is 9.60. The fourth-order valence-corrected chi connectivity index (χ4v) is 1.31. The third-order valence-corrected chi connectivity index (χ3v) is 2.24. The van der Waals surface area contributed by atoms with Gasteiger partial charge in [-0.15, -0.1) is 0 Å². The maximum Gasteiger partial charge on any atom is 0.244 e. The molecule has 0 saturated heterocycles. The number of aliphatic hydroxyl groups excluding tert-OH is 1. The summed E-state index contributed by atoms with van der Waals surface area (Å²) >= 11 is 0. The van der Waals surface area contributed by atoms with Gasteiger partial charge < -0.3 is 10.4 Å². The number of nitrogens with one attached hydrogen (secondary N) is 1. The monoisotopic (exact) mass is 219 g/mol. The molecule has 86 valence electrons. The van der Waals surface area contributed by atoms with Crippen molar-refractivity contribution < 1.29 is 9.90 Å². The van der Waals surface area contributed by atoms with Gasteiger partial charge in [0.1, 0.15) is 0 Å². The van der Waals surface area contributed by atoms with E-state index in [1.807, 2.05) is 37.3 Å². The predicted molar refractivity (Wildman–Crippen MR) is 64.8 cm³/mol. The molecular weight excluding hydrogens is 202 g/mol. The van der Waals surface area contributed by atoms with Crippen LogP contribution in [-0.2, 0) is 4.79 Å². The molecule has 3 nitrogen and oxygen atoms in total. The number of carbonyl (C=O) groups is 1. The van der Waals surface area contributed by atoms with Crippen molar-refractivity contribution in [1.29, 1.82) is 0 Å². The number of amides is 1. The number of allylic oxidation sites excluding steroid dienone is 1. The Morgan fingerprint density at radius 2 is 2.06 bits per heavy atom. The molecule has 0 aromatic heterocycles. The van der Waals surface area contributed by atoms with Crippen molar-refractivity contribution in [3.8, 4) is 0 Å². The van der Waals surface area contributed by atoms with Crippen LogP contribution in [0.5, 0.6) is 0 Å². The van der Waals surface area contributed by atoms with E-state index in [9.17, 15) is 4.79 Å². The van der Waals surface area contributed by atoms with Gasteiger partial charge in [-0.05, 0) is 25.0 Å². The molecule has 1 amide bonds. The van der Waals surface area contributed by atoms with Gasteiger partial charge in [0.25, 0.3) is 0 Å². The van der Waals surface area contributed by atoms with Crippen LogP contribution >= 0.6 is 0 Å². The molecule has 0 aliphatic rings. The van der Waals surface area contributed by atoms with Gasteiger partial charge in [0.2, 0.25) is 5.91 Å². The van der Waals surface area contributed by atoms with Crippen LogP contribution in [0, 0.1) is 0 Å². The molecule has 0 bridgehead atoms. The highest BCUT2D eigenvalue weighted by Crippen LogP contribution is 2.11. The third-order valence-electron chi connectivity index (χ3n) is 2.24. The molecule has 0 saturated carbocycles. The number of hydrogen-bond acceptors (Lipinski definition) is 2. The first-order valence-corrected chi connectivity index (χ1v) is 5.28. The van der Waals surface area contributed by atoms with Gasteiger partial charge >= 0.3 is 0 Å². The molecule has 0 aliphatic carbocycles. The SMILES string of the molecule is C/C(=C/C(=O)NC(C)CO)c1ccccc1. The summed E-state index contributed by atoms with van der Waals surface area (Å²) in [5.74, 6) is -0.178. The maximum absolute atomic E-state index is 11.5. The molecule has 1 aromatic rings. The van der Waals surface area contributed by atoms with Crippen molar-refractivity contribution in [2.75, 3.05) is 6.61 Å². The minimum Gasteiger partial charge on any atom is -0.394 e. The molecule has 3 heteroatoms. The first kappa shape index (κ1) is 12.5. The van der Waals surface area contributed by atoms with Crippen LogP contribution in [0.15, 0.2) is 36.4 Å². The lowest BCUT2D eigenvalue weighted by Gasteiger charge is -2.09. The normalized spacial score (nSPS) is 13.3. The smallest absolute Gasteiger partial charge is 0.244 e. The van der Waals surface area contributed by atoms with Gasteiger partial charge in [-0.25, -0.2) is 0 Å². The van der Waals surface area contributed by atoms with Crippen LogP contribution < -0.4 is 5.32 Å². The number of aliphatic hydroxyl groups is 1. The van der Waals surface area contributed by atoms with Crippen LogP contribution in [0.25, 0.3) is 5.57 Å². The van der Waals surface area contributed by atoms with Crippen molar-refractivity contribution in [2.45, 2.75) is 19.9 Å². The topological polar surface area (TPSA) is 49.3 Å². The lowest BCUT2D eigenvalue weighted by molar-refractivity contribution is -0.117. The molecule has 0 spiro atoms. The lowest BCUT2D eigenvalue weighted by Crippen LogP contribution is -2.33. The molecule has 2 N–H and O–H groups in total. The highest BCUT2D eigenvalue weighted by molar-refractivity contribution is 5.94. The Bertz CT molecular complexity index is 371. The summed E-state index contributed by atoms with van der Waals surface area (Å²) in [5, 5.41) is 11.5. The average molecular weight is 219 g/mol. The molecule has 1 atom stereocenters. The van der Waals surface area contributed by atoms with E-state index in [-0.39, 0.29) is 18.6 Å². The van der Waals surface area contributed by atoms with Crippen LogP contribution in [0.4, 0.5) is 0 Å². The van der Waals surface area contributed by atoms with E-state index >= 15 is 0 Å². The quantitative estimate of drug-likeness (QED) is 0.755. The van der Waals surface area contributed by atoms with Crippen LogP contribution in [0.3, 0.4) is 0 Å². The molecule has 1 rings (SSSR count). The van der Waals surface area contributed by atoms with E-state index < -0.39 is 0 Å². The van der Waals surface area contributed by atoms with Gasteiger partial charge in [0.05, 0.1) is 6.61 Å². The zero-order valence-electron chi connectivity index (χ0n) is 9.60. The Kier molecular flexibility index (Phi) is 4.73. The molecule has 0 heterocycles. The summed E-state index contributed by atoms with van der Waals surface area (Å²) in [6.45, 7) is 3.59. The summed E-state index contributed by atoms with van der Waals surface area (Å²) in [5.41, 5.74) is 1.93. The van der Waals surface area contributed by atoms with E-state index in [2.05, 4.69) is 5.32 Å². The van der Waals surface area contributed by atoms with Crippen molar-refractivity contribution in [3.63, 3.8) is 0 Å². The second-order valence-electron chi connectivity index (χ2n) is 3.79. The number of hydrogen-bond donors (Lipinski definition) is 2. The number of benzene rings is 1. The Morgan fingerprint density at radius 3 is 2.62 bits per heavy atom. The van der Waals surface area contributed by atoms with E-state index in [1.54, 1.807) is 13.0 Å². The van der Waals surface area contributed by atoms with Gasteiger partial charge in [-0.2, -0.15) is 0 Å². The summed E-state index contributed by atoms with van der Waals surface area (Å²) in [7, 11) is 0.